The van der Waals surface area contributed by atoms with Crippen LogP contribution in [0.4, 0.5) is 14.5 Å². The third-order valence-corrected chi connectivity index (χ3v) is 3.08. The lowest BCUT2D eigenvalue weighted by molar-refractivity contribution is 0.102. The number of amides is 1. The van der Waals surface area contributed by atoms with E-state index in [2.05, 4.69) is 21.2 Å². The van der Waals surface area contributed by atoms with Gasteiger partial charge in [0.2, 0.25) is 0 Å². The highest BCUT2D eigenvalue weighted by Gasteiger charge is 2.09. The van der Waals surface area contributed by atoms with Crippen LogP contribution in [0.1, 0.15) is 10.4 Å². The topological polar surface area (TPSA) is 29.1 Å². The number of hydrogen-bond acceptors (Lipinski definition) is 1. The summed E-state index contributed by atoms with van der Waals surface area (Å²) in [6.07, 6.45) is 0. The molecule has 0 heterocycles. The fraction of sp³-hybridized carbons (Fsp3) is 0. The number of halogens is 3. The molecule has 0 saturated carbocycles. The van der Waals surface area contributed by atoms with Crippen LogP contribution < -0.4 is 10.8 Å². The molecule has 0 spiro atoms. The SMILES string of the molecule is [B]c1ccc(NC(=O)c2ccc(Br)c(F)c2)cc1F. The van der Waals surface area contributed by atoms with E-state index in [-0.39, 0.29) is 21.2 Å². The van der Waals surface area contributed by atoms with Gasteiger partial charge in [-0.2, -0.15) is 0 Å². The van der Waals surface area contributed by atoms with Gasteiger partial charge in [0.15, 0.2) is 0 Å². The first-order chi connectivity index (χ1) is 8.97. The number of hydrogen-bond donors (Lipinski definition) is 1. The molecule has 0 saturated heterocycles. The molecule has 2 radical (unpaired) electrons. The molecule has 0 fully saturated rings. The highest BCUT2D eigenvalue weighted by atomic mass is 79.9. The number of benzene rings is 2. The minimum atomic E-state index is -0.625. The van der Waals surface area contributed by atoms with Gasteiger partial charge >= 0.3 is 0 Å². The number of carbonyl (C=O) groups excluding carboxylic acids is 1. The van der Waals surface area contributed by atoms with Crippen molar-refractivity contribution in [3.05, 3.63) is 58.1 Å². The quantitative estimate of drug-likeness (QED) is 0.847. The molecular weight excluding hydrogens is 315 g/mol. The van der Waals surface area contributed by atoms with Crippen LogP contribution in [0.5, 0.6) is 0 Å². The number of rotatable bonds is 2. The van der Waals surface area contributed by atoms with Gasteiger partial charge in [0.05, 0.1) is 4.47 Å². The van der Waals surface area contributed by atoms with E-state index in [1.165, 1.54) is 24.3 Å². The molecule has 2 rings (SSSR count). The van der Waals surface area contributed by atoms with Gasteiger partial charge in [-0.05, 0) is 46.3 Å². The number of nitrogens with one attached hydrogen (secondary N) is 1. The van der Waals surface area contributed by atoms with Gasteiger partial charge in [-0.15, -0.1) is 0 Å². The Kier molecular flexibility index (Phi) is 4.00. The van der Waals surface area contributed by atoms with Crippen LogP contribution in [-0.4, -0.2) is 13.8 Å². The maximum absolute atomic E-state index is 13.3. The molecular formula is C13H7BBrF2NO. The summed E-state index contributed by atoms with van der Waals surface area (Å²) in [4.78, 5) is 11.8. The van der Waals surface area contributed by atoms with E-state index in [1.807, 2.05) is 0 Å². The zero-order valence-corrected chi connectivity index (χ0v) is 11.2. The molecule has 1 amide bonds. The van der Waals surface area contributed by atoms with E-state index in [0.717, 1.165) is 12.1 Å². The van der Waals surface area contributed by atoms with Crippen LogP contribution in [0.2, 0.25) is 0 Å². The smallest absolute Gasteiger partial charge is 0.255 e. The van der Waals surface area contributed by atoms with E-state index in [0.29, 0.717) is 0 Å². The largest absolute Gasteiger partial charge is 0.322 e. The molecule has 0 aliphatic carbocycles. The molecule has 6 heteroatoms. The van der Waals surface area contributed by atoms with Gasteiger partial charge in [0, 0.05) is 11.3 Å². The number of anilines is 1. The predicted octanol–water partition coefficient (Wildman–Crippen LogP) is 2.77. The van der Waals surface area contributed by atoms with Crippen LogP contribution in [0, 0.1) is 11.6 Å². The average molecular weight is 322 g/mol. The van der Waals surface area contributed by atoms with Crippen molar-refractivity contribution < 1.29 is 13.6 Å². The highest BCUT2D eigenvalue weighted by Crippen LogP contribution is 2.17. The molecule has 0 unspecified atom stereocenters. The Hall–Kier alpha value is -1.69. The third kappa shape index (κ3) is 3.20. The predicted molar refractivity (Wildman–Crippen MR) is 73.8 cm³/mol. The van der Waals surface area contributed by atoms with E-state index in [4.69, 9.17) is 7.85 Å². The van der Waals surface area contributed by atoms with E-state index in [9.17, 15) is 13.6 Å². The first-order valence-corrected chi connectivity index (χ1v) is 6.08. The van der Waals surface area contributed by atoms with Crippen LogP contribution in [-0.2, 0) is 0 Å². The number of carbonyl (C=O) groups is 1. The summed E-state index contributed by atoms with van der Waals surface area (Å²) in [5, 5.41) is 2.46. The Balaban J connectivity index is 2.20. The van der Waals surface area contributed by atoms with Crippen molar-refractivity contribution in [3.8, 4) is 0 Å². The van der Waals surface area contributed by atoms with Crippen molar-refractivity contribution in [3.63, 3.8) is 0 Å². The second-order valence-corrected chi connectivity index (χ2v) is 4.67. The van der Waals surface area contributed by atoms with E-state index >= 15 is 0 Å². The first kappa shape index (κ1) is 13.7. The molecule has 19 heavy (non-hydrogen) atoms. The van der Waals surface area contributed by atoms with Gasteiger partial charge in [-0.25, -0.2) is 8.78 Å². The van der Waals surface area contributed by atoms with Crippen molar-refractivity contribution in [2.45, 2.75) is 0 Å². The van der Waals surface area contributed by atoms with Crippen LogP contribution in [0.3, 0.4) is 0 Å². The van der Waals surface area contributed by atoms with Crippen molar-refractivity contribution in [1.82, 2.24) is 0 Å². The van der Waals surface area contributed by atoms with Crippen molar-refractivity contribution >= 4 is 40.8 Å². The van der Waals surface area contributed by atoms with Crippen LogP contribution in [0.25, 0.3) is 0 Å². The van der Waals surface area contributed by atoms with Gasteiger partial charge in [0.1, 0.15) is 19.5 Å². The first-order valence-electron chi connectivity index (χ1n) is 5.29. The summed E-state index contributed by atoms with van der Waals surface area (Å²) < 4.78 is 26.8. The molecule has 0 aromatic heterocycles. The third-order valence-electron chi connectivity index (χ3n) is 2.44. The Bertz CT molecular complexity index is 649. The van der Waals surface area contributed by atoms with Crippen LogP contribution >= 0.6 is 15.9 Å². The fourth-order valence-electron chi connectivity index (χ4n) is 1.45. The Labute approximate surface area is 118 Å². The molecule has 0 bridgehead atoms. The second kappa shape index (κ2) is 5.53. The summed E-state index contributed by atoms with van der Waals surface area (Å²) >= 11 is 2.99. The lowest BCUT2D eigenvalue weighted by Crippen LogP contribution is -2.14. The molecule has 0 aliphatic heterocycles. The molecule has 2 nitrogen and oxygen atoms in total. The lowest BCUT2D eigenvalue weighted by atomic mass is 9.95. The fourth-order valence-corrected chi connectivity index (χ4v) is 1.69. The molecule has 1 N–H and O–H groups in total. The molecule has 0 aliphatic rings. The maximum Gasteiger partial charge on any atom is 0.255 e. The van der Waals surface area contributed by atoms with Crippen molar-refractivity contribution in [1.29, 1.82) is 0 Å². The summed E-state index contributed by atoms with van der Waals surface area (Å²) in [7, 11) is 5.32. The Morgan fingerprint density at radius 2 is 1.84 bits per heavy atom. The monoisotopic (exact) mass is 321 g/mol. The van der Waals surface area contributed by atoms with E-state index in [1.54, 1.807) is 0 Å². The zero-order valence-electron chi connectivity index (χ0n) is 9.58. The molecule has 0 atom stereocenters. The Morgan fingerprint density at radius 3 is 2.47 bits per heavy atom. The van der Waals surface area contributed by atoms with Gasteiger partial charge in [0.25, 0.3) is 5.91 Å². The molecule has 2 aromatic carbocycles. The summed E-state index contributed by atoms with van der Waals surface area (Å²) in [5.41, 5.74) is 0.380. The Morgan fingerprint density at radius 1 is 1.11 bits per heavy atom. The summed E-state index contributed by atoms with van der Waals surface area (Å²) in [5.74, 6) is -1.70. The standard InChI is InChI=1S/C13H7BBrF2NO/c14-9-3-2-8(6-11(9)16)18-13(19)7-1-4-10(15)12(17)5-7/h1-6H,(H,18,19). The zero-order chi connectivity index (χ0) is 14.0. The normalized spacial score (nSPS) is 10.3. The van der Waals surface area contributed by atoms with Crippen molar-refractivity contribution in [2.75, 3.05) is 5.32 Å². The van der Waals surface area contributed by atoms with Gasteiger partial charge in [-0.3, -0.25) is 4.79 Å². The minimum absolute atomic E-state index is 0.00677. The maximum atomic E-state index is 13.3. The minimum Gasteiger partial charge on any atom is -0.322 e. The molecule has 94 valence electrons. The second-order valence-electron chi connectivity index (χ2n) is 3.82. The average Bonchev–Trinajstić information content (AvgIpc) is 2.37. The van der Waals surface area contributed by atoms with Crippen LogP contribution in [0.15, 0.2) is 40.9 Å². The van der Waals surface area contributed by atoms with Gasteiger partial charge < -0.3 is 5.32 Å². The molecule has 2 aromatic rings. The lowest BCUT2D eigenvalue weighted by Gasteiger charge is -2.07. The summed E-state index contributed by atoms with van der Waals surface area (Å²) in [6.45, 7) is 0. The van der Waals surface area contributed by atoms with E-state index < -0.39 is 17.5 Å². The van der Waals surface area contributed by atoms with Gasteiger partial charge in [-0.1, -0.05) is 11.5 Å². The highest BCUT2D eigenvalue weighted by molar-refractivity contribution is 9.10. The summed E-state index contributed by atoms with van der Waals surface area (Å²) in [6, 6.07) is 7.87. The van der Waals surface area contributed by atoms with Crippen molar-refractivity contribution in [2.24, 2.45) is 0 Å².